The van der Waals surface area contributed by atoms with Crippen molar-refractivity contribution in [3.63, 3.8) is 0 Å². The third kappa shape index (κ3) is 4.92. The standard InChI is InChI=1S/C12H22N4S4.H3N/c1-7-13-9(3)19-11(17)15(7)5-6-16-8(2)14-10(4)20-12(16)18;/h7-10,13-14H,5-6H2,1-4H3;1H3. The van der Waals surface area contributed by atoms with Crippen molar-refractivity contribution < 1.29 is 0 Å². The molecule has 0 radical (unpaired) electrons. The maximum atomic E-state index is 5.50. The van der Waals surface area contributed by atoms with Gasteiger partial charge in [0.2, 0.25) is 0 Å². The highest BCUT2D eigenvalue weighted by atomic mass is 32.2. The molecule has 0 bridgehead atoms. The van der Waals surface area contributed by atoms with E-state index in [1.54, 1.807) is 23.5 Å². The topological polar surface area (TPSA) is 65.5 Å². The van der Waals surface area contributed by atoms with Crippen LogP contribution in [0.3, 0.4) is 0 Å². The van der Waals surface area contributed by atoms with Crippen LogP contribution in [0.25, 0.3) is 0 Å². The third-order valence-electron chi connectivity index (χ3n) is 3.49. The van der Waals surface area contributed by atoms with Crippen LogP contribution in [-0.4, -0.2) is 54.6 Å². The van der Waals surface area contributed by atoms with Crippen LogP contribution in [0.1, 0.15) is 27.7 Å². The summed E-state index contributed by atoms with van der Waals surface area (Å²) in [6.07, 6.45) is 0.568. The molecule has 21 heavy (non-hydrogen) atoms. The summed E-state index contributed by atoms with van der Waals surface area (Å²) in [6.45, 7) is 10.4. The molecule has 0 aromatic heterocycles. The minimum atomic E-state index is 0. The monoisotopic (exact) mass is 367 g/mol. The lowest BCUT2D eigenvalue weighted by Gasteiger charge is -2.43. The molecule has 2 aliphatic rings. The van der Waals surface area contributed by atoms with Gasteiger partial charge < -0.3 is 16.0 Å². The average molecular weight is 368 g/mol. The lowest BCUT2D eigenvalue weighted by molar-refractivity contribution is 0.223. The van der Waals surface area contributed by atoms with Gasteiger partial charge in [0.25, 0.3) is 0 Å². The van der Waals surface area contributed by atoms with E-state index in [9.17, 15) is 0 Å². The van der Waals surface area contributed by atoms with Crippen molar-refractivity contribution in [1.82, 2.24) is 26.6 Å². The van der Waals surface area contributed by atoms with Crippen LogP contribution in [-0.2, 0) is 0 Å². The van der Waals surface area contributed by atoms with Gasteiger partial charge in [-0.15, -0.1) is 0 Å². The second-order valence-corrected chi connectivity index (χ2v) is 9.07. The summed E-state index contributed by atoms with van der Waals surface area (Å²) in [5, 5.41) is 7.79. The molecule has 0 saturated carbocycles. The zero-order valence-electron chi connectivity index (χ0n) is 13.0. The lowest BCUT2D eigenvalue weighted by atomic mass is 10.4. The number of hydrogen-bond donors (Lipinski definition) is 3. The molecule has 122 valence electrons. The first-order chi connectivity index (χ1) is 9.38. The normalized spacial score (nSPS) is 33.9. The van der Waals surface area contributed by atoms with Crippen molar-refractivity contribution in [2.24, 2.45) is 0 Å². The molecule has 5 N–H and O–H groups in total. The first-order valence-corrected chi connectivity index (χ1v) is 9.42. The molecule has 0 spiro atoms. The SMILES string of the molecule is CC1NC(C)N(CCN2C(=S)SC(C)NC2C)C(=S)S1.N. The van der Waals surface area contributed by atoms with E-state index < -0.39 is 0 Å². The largest absolute Gasteiger partial charge is 0.344 e. The van der Waals surface area contributed by atoms with Gasteiger partial charge in [-0.05, 0) is 27.7 Å². The molecule has 0 aromatic carbocycles. The molecular formula is C12H25N5S4. The van der Waals surface area contributed by atoms with Crippen molar-refractivity contribution in [2.75, 3.05) is 13.1 Å². The molecule has 2 rings (SSSR count). The number of rotatable bonds is 3. The highest BCUT2D eigenvalue weighted by Gasteiger charge is 2.29. The fourth-order valence-electron chi connectivity index (χ4n) is 2.47. The molecule has 9 heteroatoms. The van der Waals surface area contributed by atoms with Crippen LogP contribution in [0.15, 0.2) is 0 Å². The summed E-state index contributed by atoms with van der Waals surface area (Å²) in [7, 11) is 0. The van der Waals surface area contributed by atoms with Gasteiger partial charge >= 0.3 is 0 Å². The molecule has 0 aromatic rings. The van der Waals surface area contributed by atoms with E-state index in [0.717, 1.165) is 21.7 Å². The van der Waals surface area contributed by atoms with Crippen molar-refractivity contribution >= 4 is 56.6 Å². The van der Waals surface area contributed by atoms with E-state index in [4.69, 9.17) is 24.4 Å². The Hall–Kier alpha value is 0.360. The summed E-state index contributed by atoms with van der Waals surface area (Å²) in [4.78, 5) is 4.50. The van der Waals surface area contributed by atoms with Gasteiger partial charge in [-0.2, -0.15) is 0 Å². The van der Waals surface area contributed by atoms with Crippen LogP contribution >= 0.6 is 48.0 Å². The first-order valence-electron chi connectivity index (χ1n) is 6.85. The third-order valence-corrected chi connectivity index (χ3v) is 6.39. The maximum absolute atomic E-state index is 5.50. The Bertz CT molecular complexity index is 358. The van der Waals surface area contributed by atoms with E-state index in [1.165, 1.54) is 0 Å². The summed E-state index contributed by atoms with van der Waals surface area (Å²) in [5.74, 6) is 0. The molecular weight excluding hydrogens is 342 g/mol. The van der Waals surface area contributed by atoms with E-state index in [0.29, 0.717) is 10.7 Å². The van der Waals surface area contributed by atoms with Gasteiger partial charge in [0, 0.05) is 13.1 Å². The number of nitrogens with one attached hydrogen (secondary N) is 2. The number of thiocarbonyl (C=S) groups is 2. The highest BCUT2D eigenvalue weighted by Crippen LogP contribution is 2.24. The van der Waals surface area contributed by atoms with Crippen LogP contribution in [0.2, 0.25) is 0 Å². The Kier molecular flexibility index (Phi) is 7.65. The predicted octanol–water partition coefficient (Wildman–Crippen LogP) is 2.38. The average Bonchev–Trinajstić information content (AvgIpc) is 2.30. The van der Waals surface area contributed by atoms with Crippen molar-refractivity contribution in [3.05, 3.63) is 0 Å². The van der Waals surface area contributed by atoms with Crippen molar-refractivity contribution in [2.45, 2.75) is 50.8 Å². The van der Waals surface area contributed by atoms with E-state index in [2.05, 4.69) is 48.1 Å². The molecule has 2 fully saturated rings. The van der Waals surface area contributed by atoms with Crippen LogP contribution in [0.4, 0.5) is 0 Å². The highest BCUT2D eigenvalue weighted by molar-refractivity contribution is 8.23. The van der Waals surface area contributed by atoms with Gasteiger partial charge in [0.05, 0.1) is 23.1 Å². The second-order valence-electron chi connectivity index (χ2n) is 5.12. The first kappa shape index (κ1) is 19.4. The predicted molar refractivity (Wildman–Crippen MR) is 103 cm³/mol. The zero-order chi connectivity index (χ0) is 14.9. The Morgan fingerprint density at radius 2 is 1.19 bits per heavy atom. The molecule has 5 nitrogen and oxygen atoms in total. The van der Waals surface area contributed by atoms with Gasteiger partial charge in [-0.1, -0.05) is 48.0 Å². The molecule has 0 amide bonds. The summed E-state index contributed by atoms with van der Waals surface area (Å²) in [5.41, 5.74) is 0. The zero-order valence-corrected chi connectivity index (χ0v) is 16.2. The second kappa shape index (κ2) is 8.28. The quantitative estimate of drug-likeness (QED) is 0.652. The number of hydrogen-bond acceptors (Lipinski definition) is 7. The van der Waals surface area contributed by atoms with Crippen LogP contribution < -0.4 is 16.8 Å². The molecule has 4 atom stereocenters. The number of thioether (sulfide) groups is 2. The Morgan fingerprint density at radius 1 is 0.857 bits per heavy atom. The summed E-state index contributed by atoms with van der Waals surface area (Å²) in [6, 6.07) is 0. The maximum Gasteiger partial charge on any atom is 0.139 e. The number of nitrogens with zero attached hydrogens (tertiary/aromatic N) is 2. The minimum absolute atomic E-state index is 0. The molecule has 4 unspecified atom stereocenters. The molecule has 2 heterocycles. The van der Waals surface area contributed by atoms with Gasteiger partial charge in [0.15, 0.2) is 0 Å². The fourth-order valence-corrected chi connectivity index (χ4v) is 5.74. The summed E-state index contributed by atoms with van der Waals surface area (Å²) < 4.78 is 1.96. The van der Waals surface area contributed by atoms with E-state index in [-0.39, 0.29) is 18.5 Å². The van der Waals surface area contributed by atoms with E-state index >= 15 is 0 Å². The van der Waals surface area contributed by atoms with Gasteiger partial charge in [0.1, 0.15) is 8.64 Å². The lowest BCUT2D eigenvalue weighted by Crippen LogP contribution is -2.58. The summed E-state index contributed by atoms with van der Waals surface area (Å²) >= 11 is 14.4. The minimum Gasteiger partial charge on any atom is -0.344 e. The van der Waals surface area contributed by atoms with E-state index in [1.807, 2.05) is 0 Å². The molecule has 0 aliphatic carbocycles. The van der Waals surface area contributed by atoms with Crippen LogP contribution in [0.5, 0.6) is 0 Å². The Labute approximate surface area is 146 Å². The Balaban J connectivity index is 0.00000220. The Morgan fingerprint density at radius 3 is 1.48 bits per heavy atom. The molecule has 2 aliphatic heterocycles. The molecule has 2 saturated heterocycles. The van der Waals surface area contributed by atoms with Gasteiger partial charge in [-0.25, -0.2) is 0 Å². The fraction of sp³-hybridized carbons (Fsp3) is 0.833. The van der Waals surface area contributed by atoms with Crippen LogP contribution in [0, 0.1) is 0 Å². The van der Waals surface area contributed by atoms with Gasteiger partial charge in [-0.3, -0.25) is 10.6 Å². The van der Waals surface area contributed by atoms with Crippen molar-refractivity contribution in [3.8, 4) is 0 Å². The smallest absolute Gasteiger partial charge is 0.139 e. The van der Waals surface area contributed by atoms with Crippen molar-refractivity contribution in [1.29, 1.82) is 0 Å².